The maximum absolute atomic E-state index is 13.3. The monoisotopic (exact) mass is 291 g/mol. The molecule has 1 N–H and O–H groups in total. The topological polar surface area (TPSA) is 12.0 Å². The number of hydrogen-bond donors (Lipinski definition) is 1. The van der Waals surface area contributed by atoms with Gasteiger partial charge in [-0.15, -0.1) is 12.4 Å². The molecule has 20 heavy (non-hydrogen) atoms. The predicted octanol–water partition coefficient (Wildman–Crippen LogP) is 4.16. The Morgan fingerprint density at radius 3 is 2.70 bits per heavy atom. The van der Waals surface area contributed by atoms with Gasteiger partial charge in [-0.05, 0) is 53.3 Å². The maximum Gasteiger partial charge on any atom is 0.123 e. The lowest BCUT2D eigenvalue weighted by atomic mass is 9.91. The lowest BCUT2D eigenvalue weighted by Gasteiger charge is -2.14. The summed E-state index contributed by atoms with van der Waals surface area (Å²) < 4.78 is 13.3. The Bertz CT molecular complexity index is 597. The zero-order valence-electron chi connectivity index (χ0n) is 11.5. The van der Waals surface area contributed by atoms with E-state index in [-0.39, 0.29) is 18.2 Å². The first-order valence-electron chi connectivity index (χ1n) is 6.83. The summed E-state index contributed by atoms with van der Waals surface area (Å²) in [6.07, 6.45) is 1.07. The molecule has 2 aromatic rings. The molecule has 0 spiro atoms. The number of nitrogens with one attached hydrogen (secondary N) is 1. The van der Waals surface area contributed by atoms with Crippen molar-refractivity contribution >= 4 is 12.4 Å². The van der Waals surface area contributed by atoms with Crippen molar-refractivity contribution < 1.29 is 4.39 Å². The normalized spacial score (nSPS) is 17.8. The summed E-state index contributed by atoms with van der Waals surface area (Å²) in [7, 11) is 0. The van der Waals surface area contributed by atoms with Crippen molar-refractivity contribution in [3.63, 3.8) is 0 Å². The van der Waals surface area contributed by atoms with Crippen molar-refractivity contribution in [1.29, 1.82) is 0 Å². The van der Waals surface area contributed by atoms with Gasteiger partial charge in [0.05, 0.1) is 0 Å². The molecule has 1 heterocycles. The van der Waals surface area contributed by atoms with Crippen LogP contribution in [0.25, 0.3) is 11.1 Å². The molecule has 1 aliphatic heterocycles. The van der Waals surface area contributed by atoms with Gasteiger partial charge in [0, 0.05) is 6.54 Å². The summed E-state index contributed by atoms with van der Waals surface area (Å²) in [5, 5.41) is 3.45. The highest BCUT2D eigenvalue weighted by molar-refractivity contribution is 5.85. The highest BCUT2D eigenvalue weighted by Crippen LogP contribution is 2.28. The minimum absolute atomic E-state index is 0. The van der Waals surface area contributed by atoms with Crippen LogP contribution in [0.1, 0.15) is 24.0 Å². The van der Waals surface area contributed by atoms with E-state index in [0.717, 1.165) is 30.6 Å². The standard InChI is InChI=1S/C17H18FN.ClH/c1-12-11-19-8-7-13-5-6-15(10-17(12)13)14-3-2-4-16(18)9-14;/h2-6,9-10,12,19H,7-8,11H2,1H3;1H/t12-;/m1./s1. The smallest absolute Gasteiger partial charge is 0.123 e. The number of hydrogen-bond acceptors (Lipinski definition) is 1. The number of rotatable bonds is 1. The zero-order valence-corrected chi connectivity index (χ0v) is 12.3. The third-order valence-corrected chi connectivity index (χ3v) is 3.86. The fourth-order valence-corrected chi connectivity index (χ4v) is 2.78. The van der Waals surface area contributed by atoms with Gasteiger partial charge >= 0.3 is 0 Å². The molecular weight excluding hydrogens is 273 g/mol. The molecule has 0 amide bonds. The molecule has 0 aliphatic carbocycles. The SMILES string of the molecule is C[C@@H]1CNCCc2ccc(-c3cccc(F)c3)cc21.Cl. The van der Waals surface area contributed by atoms with Crippen LogP contribution in [0.4, 0.5) is 4.39 Å². The second kappa shape index (κ2) is 6.38. The Kier molecular flexibility index (Phi) is 4.79. The summed E-state index contributed by atoms with van der Waals surface area (Å²) >= 11 is 0. The molecule has 0 saturated carbocycles. The fourth-order valence-electron chi connectivity index (χ4n) is 2.78. The first-order valence-corrected chi connectivity index (χ1v) is 6.83. The third-order valence-electron chi connectivity index (χ3n) is 3.86. The zero-order chi connectivity index (χ0) is 13.2. The molecular formula is C17H19ClFN. The van der Waals surface area contributed by atoms with Crippen molar-refractivity contribution in [2.75, 3.05) is 13.1 Å². The summed E-state index contributed by atoms with van der Waals surface area (Å²) in [6.45, 7) is 4.29. The highest BCUT2D eigenvalue weighted by atomic mass is 35.5. The van der Waals surface area contributed by atoms with E-state index >= 15 is 0 Å². The van der Waals surface area contributed by atoms with Crippen molar-refractivity contribution in [1.82, 2.24) is 5.32 Å². The lowest BCUT2D eigenvalue weighted by Crippen LogP contribution is -2.18. The van der Waals surface area contributed by atoms with Gasteiger partial charge in [0.15, 0.2) is 0 Å². The minimum Gasteiger partial charge on any atom is -0.316 e. The average molecular weight is 292 g/mol. The molecule has 0 fully saturated rings. The molecule has 0 radical (unpaired) electrons. The van der Waals surface area contributed by atoms with Gasteiger partial charge in [0.1, 0.15) is 5.82 Å². The van der Waals surface area contributed by atoms with Gasteiger partial charge in [0.25, 0.3) is 0 Å². The fraction of sp³-hybridized carbons (Fsp3) is 0.294. The van der Waals surface area contributed by atoms with E-state index < -0.39 is 0 Å². The van der Waals surface area contributed by atoms with Crippen LogP contribution < -0.4 is 5.32 Å². The second-order valence-corrected chi connectivity index (χ2v) is 5.28. The lowest BCUT2D eigenvalue weighted by molar-refractivity contribution is 0.628. The number of fused-ring (bicyclic) bond motifs is 1. The van der Waals surface area contributed by atoms with E-state index in [1.165, 1.54) is 17.2 Å². The van der Waals surface area contributed by atoms with Crippen molar-refractivity contribution in [3.05, 3.63) is 59.4 Å². The van der Waals surface area contributed by atoms with Crippen molar-refractivity contribution in [3.8, 4) is 11.1 Å². The molecule has 3 rings (SSSR count). The van der Waals surface area contributed by atoms with Crippen LogP contribution in [0.2, 0.25) is 0 Å². The van der Waals surface area contributed by atoms with Gasteiger partial charge < -0.3 is 5.32 Å². The highest BCUT2D eigenvalue weighted by Gasteiger charge is 2.15. The number of benzene rings is 2. The maximum atomic E-state index is 13.3. The number of halogens is 2. The van der Waals surface area contributed by atoms with Gasteiger partial charge in [-0.1, -0.05) is 37.3 Å². The van der Waals surface area contributed by atoms with Crippen molar-refractivity contribution in [2.45, 2.75) is 19.3 Å². The summed E-state index contributed by atoms with van der Waals surface area (Å²) in [4.78, 5) is 0. The van der Waals surface area contributed by atoms with E-state index in [2.05, 4.69) is 30.4 Å². The molecule has 0 saturated heterocycles. The van der Waals surface area contributed by atoms with Crippen LogP contribution in [-0.2, 0) is 6.42 Å². The Morgan fingerprint density at radius 2 is 1.90 bits per heavy atom. The minimum atomic E-state index is -0.179. The predicted molar refractivity (Wildman–Crippen MR) is 84.1 cm³/mol. The Balaban J connectivity index is 0.00000147. The summed E-state index contributed by atoms with van der Waals surface area (Å²) in [5.74, 6) is 0.327. The Labute approximate surface area is 125 Å². The first-order chi connectivity index (χ1) is 9.24. The van der Waals surface area contributed by atoms with E-state index in [1.807, 2.05) is 6.07 Å². The van der Waals surface area contributed by atoms with Gasteiger partial charge in [-0.2, -0.15) is 0 Å². The largest absolute Gasteiger partial charge is 0.316 e. The van der Waals surface area contributed by atoms with Crippen LogP contribution >= 0.6 is 12.4 Å². The van der Waals surface area contributed by atoms with Crippen molar-refractivity contribution in [2.24, 2.45) is 0 Å². The van der Waals surface area contributed by atoms with Gasteiger partial charge in [0.2, 0.25) is 0 Å². The molecule has 2 aromatic carbocycles. The molecule has 3 heteroatoms. The molecule has 1 atom stereocenters. The van der Waals surface area contributed by atoms with Gasteiger partial charge in [-0.3, -0.25) is 0 Å². The summed E-state index contributed by atoms with van der Waals surface area (Å²) in [5.41, 5.74) is 4.86. The molecule has 106 valence electrons. The second-order valence-electron chi connectivity index (χ2n) is 5.28. The third kappa shape index (κ3) is 3.02. The first kappa shape index (κ1) is 15.0. The van der Waals surface area contributed by atoms with E-state index in [0.29, 0.717) is 5.92 Å². The summed E-state index contributed by atoms with van der Waals surface area (Å²) in [6, 6.07) is 13.3. The van der Waals surface area contributed by atoms with Gasteiger partial charge in [-0.25, -0.2) is 4.39 Å². The molecule has 0 unspecified atom stereocenters. The van der Waals surface area contributed by atoms with E-state index in [9.17, 15) is 4.39 Å². The molecule has 0 aromatic heterocycles. The Morgan fingerprint density at radius 1 is 1.10 bits per heavy atom. The van der Waals surface area contributed by atoms with E-state index in [1.54, 1.807) is 12.1 Å². The van der Waals surface area contributed by atoms with Crippen LogP contribution in [0, 0.1) is 5.82 Å². The van der Waals surface area contributed by atoms with Crippen LogP contribution in [-0.4, -0.2) is 13.1 Å². The Hall–Kier alpha value is -1.38. The molecule has 0 bridgehead atoms. The quantitative estimate of drug-likeness (QED) is 0.832. The van der Waals surface area contributed by atoms with Crippen LogP contribution in [0.15, 0.2) is 42.5 Å². The van der Waals surface area contributed by atoms with E-state index in [4.69, 9.17) is 0 Å². The average Bonchev–Trinajstić information content (AvgIpc) is 2.61. The van der Waals surface area contributed by atoms with Crippen LogP contribution in [0.5, 0.6) is 0 Å². The molecule has 1 aliphatic rings. The molecule has 1 nitrogen and oxygen atoms in total. The van der Waals surface area contributed by atoms with Crippen LogP contribution in [0.3, 0.4) is 0 Å².